The topological polar surface area (TPSA) is 79.1 Å². The summed E-state index contributed by atoms with van der Waals surface area (Å²) in [6.45, 7) is 3.37. The highest BCUT2D eigenvalue weighted by Crippen LogP contribution is 2.20. The first-order chi connectivity index (χ1) is 15.7. The van der Waals surface area contributed by atoms with Crippen molar-refractivity contribution in [3.63, 3.8) is 0 Å². The summed E-state index contributed by atoms with van der Waals surface area (Å²) in [5, 5.41) is 15.4. The summed E-state index contributed by atoms with van der Waals surface area (Å²) in [5.41, 5.74) is 1.82. The number of likely N-dealkylation sites (tertiary alicyclic amines) is 1. The number of ether oxygens (including phenoxy) is 1. The molecule has 170 valence electrons. The first-order valence-electron chi connectivity index (χ1n) is 11.0. The fraction of sp³-hybridized carbons (Fsp3) is 0.435. The smallest absolute Gasteiger partial charge is 0.191 e. The van der Waals surface area contributed by atoms with Gasteiger partial charge < -0.3 is 15.4 Å². The van der Waals surface area contributed by atoms with E-state index in [2.05, 4.69) is 30.7 Å². The molecule has 0 radical (unpaired) electrons. The number of hydrogen-bond acceptors (Lipinski definition) is 5. The second-order valence-corrected chi connectivity index (χ2v) is 7.96. The molecule has 9 heteroatoms. The van der Waals surface area contributed by atoms with Crippen LogP contribution in [0.1, 0.15) is 24.2 Å². The number of guanidine groups is 1. The van der Waals surface area contributed by atoms with Gasteiger partial charge in [-0.3, -0.25) is 14.3 Å². The second-order valence-electron chi connectivity index (χ2n) is 7.96. The average Bonchev–Trinajstić information content (AvgIpc) is 3.23. The first kappa shape index (κ1) is 22.0. The van der Waals surface area contributed by atoms with Gasteiger partial charge in [0.15, 0.2) is 23.2 Å². The number of methoxy groups -OCH3 is 1. The van der Waals surface area contributed by atoms with Crippen LogP contribution in [0.25, 0.3) is 5.65 Å². The van der Waals surface area contributed by atoms with Gasteiger partial charge in [0, 0.05) is 51.9 Å². The predicted octanol–water partition coefficient (Wildman–Crippen LogP) is 2.25. The lowest BCUT2D eigenvalue weighted by molar-refractivity contribution is 0.198. The van der Waals surface area contributed by atoms with E-state index in [9.17, 15) is 4.39 Å². The van der Waals surface area contributed by atoms with E-state index in [0.29, 0.717) is 6.04 Å². The lowest BCUT2D eigenvalue weighted by atomic mass is 10.0. The SMILES string of the molecule is CN=C(NCCc1nnc2ccccn12)NC1CCN(Cc2ccc(OC)c(F)c2)CC1. The van der Waals surface area contributed by atoms with Crippen molar-refractivity contribution in [2.45, 2.75) is 31.8 Å². The number of benzene rings is 1. The average molecular weight is 440 g/mol. The molecule has 0 spiro atoms. The van der Waals surface area contributed by atoms with Crippen LogP contribution in [0.3, 0.4) is 0 Å². The largest absolute Gasteiger partial charge is 0.494 e. The van der Waals surface area contributed by atoms with Crippen LogP contribution in [0.15, 0.2) is 47.6 Å². The predicted molar refractivity (Wildman–Crippen MR) is 122 cm³/mol. The van der Waals surface area contributed by atoms with E-state index in [1.807, 2.05) is 34.9 Å². The van der Waals surface area contributed by atoms with E-state index in [-0.39, 0.29) is 11.6 Å². The third kappa shape index (κ3) is 5.34. The van der Waals surface area contributed by atoms with Crippen LogP contribution in [-0.4, -0.2) is 65.3 Å². The quantitative estimate of drug-likeness (QED) is 0.434. The summed E-state index contributed by atoms with van der Waals surface area (Å²) in [7, 11) is 3.27. The van der Waals surface area contributed by atoms with Crippen LogP contribution in [0.5, 0.6) is 5.75 Å². The monoisotopic (exact) mass is 439 g/mol. The molecule has 1 aliphatic rings. The molecule has 0 unspecified atom stereocenters. The number of rotatable bonds is 7. The zero-order valence-corrected chi connectivity index (χ0v) is 18.6. The van der Waals surface area contributed by atoms with Crippen molar-refractivity contribution in [3.05, 3.63) is 59.8 Å². The number of piperidine rings is 1. The number of aliphatic imine (C=N–C) groups is 1. The molecule has 32 heavy (non-hydrogen) atoms. The van der Waals surface area contributed by atoms with Crippen molar-refractivity contribution in [2.75, 3.05) is 33.8 Å². The number of fused-ring (bicyclic) bond motifs is 1. The fourth-order valence-corrected chi connectivity index (χ4v) is 4.04. The van der Waals surface area contributed by atoms with Gasteiger partial charge in [-0.1, -0.05) is 12.1 Å². The molecule has 0 amide bonds. The molecule has 1 saturated heterocycles. The zero-order valence-electron chi connectivity index (χ0n) is 18.6. The van der Waals surface area contributed by atoms with Gasteiger partial charge in [-0.25, -0.2) is 4.39 Å². The molecule has 0 saturated carbocycles. The van der Waals surface area contributed by atoms with Crippen LogP contribution in [0, 0.1) is 5.82 Å². The standard InChI is InChI=1S/C23H30FN7O/c1-25-23(26-11-8-22-29-28-21-5-3-4-12-31(21)22)27-18-9-13-30(14-10-18)16-17-6-7-20(32-2)19(24)15-17/h3-7,12,15,18H,8-11,13-14,16H2,1-2H3,(H2,25,26,27). The maximum atomic E-state index is 13.9. The fourth-order valence-electron chi connectivity index (χ4n) is 4.04. The number of halogens is 1. The Morgan fingerprint density at radius 1 is 1.22 bits per heavy atom. The Labute approximate surface area is 187 Å². The van der Waals surface area contributed by atoms with Crippen molar-refractivity contribution in [3.8, 4) is 5.75 Å². The highest BCUT2D eigenvalue weighted by Gasteiger charge is 2.20. The van der Waals surface area contributed by atoms with Crippen molar-refractivity contribution in [2.24, 2.45) is 4.99 Å². The molecule has 0 bridgehead atoms. The molecule has 8 nitrogen and oxygen atoms in total. The van der Waals surface area contributed by atoms with E-state index in [1.54, 1.807) is 19.2 Å². The third-order valence-electron chi connectivity index (χ3n) is 5.80. The van der Waals surface area contributed by atoms with Crippen LogP contribution >= 0.6 is 0 Å². The number of nitrogens with zero attached hydrogens (tertiary/aromatic N) is 5. The Kier molecular flexibility index (Phi) is 7.16. The van der Waals surface area contributed by atoms with E-state index in [4.69, 9.17) is 4.74 Å². The maximum absolute atomic E-state index is 13.9. The molecule has 3 aromatic rings. The Morgan fingerprint density at radius 3 is 2.81 bits per heavy atom. The first-order valence-corrected chi connectivity index (χ1v) is 11.0. The summed E-state index contributed by atoms with van der Waals surface area (Å²) < 4.78 is 20.9. The van der Waals surface area contributed by atoms with E-state index >= 15 is 0 Å². The van der Waals surface area contributed by atoms with Crippen molar-refractivity contribution < 1.29 is 9.13 Å². The normalized spacial score (nSPS) is 15.8. The molecular weight excluding hydrogens is 409 g/mol. The van der Waals surface area contributed by atoms with Gasteiger partial charge in [-0.05, 0) is 42.7 Å². The van der Waals surface area contributed by atoms with Crippen molar-refractivity contribution in [1.82, 2.24) is 30.1 Å². The Balaban J connectivity index is 1.21. The van der Waals surface area contributed by atoms with Crippen LogP contribution in [0.2, 0.25) is 0 Å². The van der Waals surface area contributed by atoms with Gasteiger partial charge >= 0.3 is 0 Å². The molecule has 3 heterocycles. The summed E-state index contributed by atoms with van der Waals surface area (Å²) in [5.74, 6) is 1.70. The summed E-state index contributed by atoms with van der Waals surface area (Å²) in [4.78, 5) is 6.71. The minimum atomic E-state index is -0.310. The Hall–Kier alpha value is -3.20. The van der Waals surface area contributed by atoms with Crippen molar-refractivity contribution >= 4 is 11.6 Å². The van der Waals surface area contributed by atoms with Gasteiger partial charge in [0.05, 0.1) is 7.11 Å². The molecule has 2 N–H and O–H groups in total. The molecule has 1 aliphatic heterocycles. The zero-order chi connectivity index (χ0) is 22.3. The highest BCUT2D eigenvalue weighted by atomic mass is 19.1. The van der Waals surface area contributed by atoms with E-state index < -0.39 is 0 Å². The molecule has 1 fully saturated rings. The highest BCUT2D eigenvalue weighted by molar-refractivity contribution is 5.79. The molecule has 0 atom stereocenters. The van der Waals surface area contributed by atoms with Crippen LogP contribution < -0.4 is 15.4 Å². The summed E-state index contributed by atoms with van der Waals surface area (Å²) in [6, 6.07) is 11.4. The summed E-state index contributed by atoms with van der Waals surface area (Å²) in [6.07, 6.45) is 4.75. The van der Waals surface area contributed by atoms with E-state index in [1.165, 1.54) is 7.11 Å². The molecule has 2 aromatic heterocycles. The molecule has 1 aromatic carbocycles. The van der Waals surface area contributed by atoms with Crippen molar-refractivity contribution in [1.29, 1.82) is 0 Å². The number of pyridine rings is 1. The second kappa shape index (κ2) is 10.4. The lowest BCUT2D eigenvalue weighted by Crippen LogP contribution is -2.48. The number of hydrogen-bond donors (Lipinski definition) is 2. The number of nitrogens with one attached hydrogen (secondary N) is 2. The summed E-state index contributed by atoms with van der Waals surface area (Å²) >= 11 is 0. The molecule has 4 rings (SSSR count). The van der Waals surface area contributed by atoms with E-state index in [0.717, 1.165) is 68.4 Å². The molecular formula is C23H30FN7O. The maximum Gasteiger partial charge on any atom is 0.191 e. The number of aromatic nitrogens is 3. The van der Waals surface area contributed by atoms with Crippen LogP contribution in [-0.2, 0) is 13.0 Å². The Bertz CT molecular complexity index is 1060. The van der Waals surface area contributed by atoms with Gasteiger partial charge in [-0.2, -0.15) is 0 Å². The molecule has 0 aliphatic carbocycles. The van der Waals surface area contributed by atoms with Crippen LogP contribution in [0.4, 0.5) is 4.39 Å². The minimum Gasteiger partial charge on any atom is -0.494 e. The minimum absolute atomic E-state index is 0.285. The third-order valence-corrected chi connectivity index (χ3v) is 5.80. The lowest BCUT2D eigenvalue weighted by Gasteiger charge is -2.33. The van der Waals surface area contributed by atoms with Gasteiger partial charge in [-0.15, -0.1) is 10.2 Å². The van der Waals surface area contributed by atoms with Gasteiger partial charge in [0.2, 0.25) is 0 Å². The Morgan fingerprint density at radius 2 is 2.06 bits per heavy atom. The van der Waals surface area contributed by atoms with Gasteiger partial charge in [0.1, 0.15) is 5.82 Å². The van der Waals surface area contributed by atoms with Gasteiger partial charge in [0.25, 0.3) is 0 Å².